The Balaban J connectivity index is -0.000000212. The minimum atomic E-state index is 0.599. The molecule has 0 saturated heterocycles. The zero-order chi connectivity index (χ0) is 17.5. The highest BCUT2D eigenvalue weighted by atomic mass is 14.9. The van der Waals surface area contributed by atoms with Gasteiger partial charge in [-0.1, -0.05) is 87.0 Å². The lowest BCUT2D eigenvalue weighted by atomic mass is 10.1. The average molecular weight is 298 g/mol. The summed E-state index contributed by atoms with van der Waals surface area (Å²) in [6.45, 7) is 22.2. The predicted octanol–water partition coefficient (Wildman–Crippen LogP) is 7.27. The molecule has 0 atom stereocenters. The summed E-state index contributed by atoms with van der Waals surface area (Å²) in [5, 5.41) is 3.56. The third kappa shape index (κ3) is 24.4. The minimum Gasteiger partial charge on any atom is -0.382 e. The molecule has 0 aromatic carbocycles. The van der Waals surface area contributed by atoms with Gasteiger partial charge in [0.2, 0.25) is 0 Å². The second-order valence-electron chi connectivity index (χ2n) is 3.78. The van der Waals surface area contributed by atoms with Crippen molar-refractivity contribution in [3.8, 4) is 0 Å². The second kappa shape index (κ2) is 31.4. The summed E-state index contributed by atoms with van der Waals surface area (Å²) in [4.78, 5) is 0. The Hall–Kier alpha value is -0.980. The van der Waals surface area contributed by atoms with Crippen LogP contribution in [0.25, 0.3) is 0 Å². The Morgan fingerprint density at radius 1 is 0.952 bits per heavy atom. The van der Waals surface area contributed by atoms with Crippen LogP contribution < -0.4 is 5.32 Å². The molecule has 0 fully saturated rings. The SMILES string of the molecule is C=C/C=C(\C=C/C)NC(CCC)CCC.CC.CC.CC. The maximum absolute atomic E-state index is 3.73. The fraction of sp³-hybridized carbons (Fsp3) is 0.700. The van der Waals surface area contributed by atoms with Crippen molar-refractivity contribution in [2.45, 2.75) is 94.0 Å². The number of hydrogen-bond acceptors (Lipinski definition) is 1. The van der Waals surface area contributed by atoms with E-state index in [1.165, 1.54) is 31.4 Å². The second-order valence-corrected chi connectivity index (χ2v) is 3.78. The monoisotopic (exact) mass is 297 g/mol. The van der Waals surface area contributed by atoms with Crippen molar-refractivity contribution in [2.75, 3.05) is 0 Å². The van der Waals surface area contributed by atoms with E-state index in [4.69, 9.17) is 0 Å². The van der Waals surface area contributed by atoms with Crippen LogP contribution >= 0.6 is 0 Å². The van der Waals surface area contributed by atoms with Gasteiger partial charge >= 0.3 is 0 Å². The van der Waals surface area contributed by atoms with Gasteiger partial charge in [-0.15, -0.1) is 0 Å². The van der Waals surface area contributed by atoms with Crippen LogP contribution in [0.3, 0.4) is 0 Å². The molecule has 0 radical (unpaired) electrons. The summed E-state index contributed by atoms with van der Waals surface area (Å²) < 4.78 is 0. The van der Waals surface area contributed by atoms with E-state index in [9.17, 15) is 0 Å². The van der Waals surface area contributed by atoms with Crippen molar-refractivity contribution in [3.63, 3.8) is 0 Å². The van der Waals surface area contributed by atoms with Gasteiger partial charge < -0.3 is 5.32 Å². The van der Waals surface area contributed by atoms with Gasteiger partial charge in [0.05, 0.1) is 0 Å². The van der Waals surface area contributed by atoms with Gasteiger partial charge in [-0.05, 0) is 31.9 Å². The van der Waals surface area contributed by atoms with E-state index in [0.29, 0.717) is 6.04 Å². The molecule has 1 heteroatoms. The fourth-order valence-corrected chi connectivity index (χ4v) is 1.68. The Morgan fingerprint density at radius 2 is 1.38 bits per heavy atom. The van der Waals surface area contributed by atoms with Crippen LogP contribution in [0.15, 0.2) is 36.6 Å². The summed E-state index contributed by atoms with van der Waals surface area (Å²) >= 11 is 0. The molecule has 0 amide bonds. The molecule has 0 bridgehead atoms. The van der Waals surface area contributed by atoms with Crippen LogP contribution in [-0.4, -0.2) is 6.04 Å². The Kier molecular flexibility index (Phi) is 42.2. The maximum Gasteiger partial charge on any atom is 0.0338 e. The van der Waals surface area contributed by atoms with Crippen LogP contribution in [0.1, 0.15) is 88.0 Å². The molecule has 0 spiro atoms. The first-order chi connectivity index (χ1) is 10.3. The average Bonchev–Trinajstić information content (AvgIpc) is 2.54. The lowest BCUT2D eigenvalue weighted by Crippen LogP contribution is -2.27. The summed E-state index contributed by atoms with van der Waals surface area (Å²) in [7, 11) is 0. The van der Waals surface area contributed by atoms with Gasteiger partial charge in [-0.2, -0.15) is 0 Å². The van der Waals surface area contributed by atoms with Gasteiger partial charge in [0, 0.05) is 11.7 Å². The largest absolute Gasteiger partial charge is 0.382 e. The van der Waals surface area contributed by atoms with Crippen LogP contribution in [0.5, 0.6) is 0 Å². The molecule has 0 rings (SSSR count). The molecule has 1 nitrogen and oxygen atoms in total. The molecule has 0 aromatic heterocycles. The summed E-state index contributed by atoms with van der Waals surface area (Å²) in [6, 6.07) is 0.599. The normalized spacial score (nSPS) is 9.71. The highest BCUT2D eigenvalue weighted by Gasteiger charge is 2.05. The highest BCUT2D eigenvalue weighted by molar-refractivity contribution is 5.21. The zero-order valence-corrected chi connectivity index (χ0v) is 16.4. The van der Waals surface area contributed by atoms with E-state index >= 15 is 0 Å². The molecule has 0 heterocycles. The molecule has 21 heavy (non-hydrogen) atoms. The lowest BCUT2D eigenvalue weighted by Gasteiger charge is -2.19. The van der Waals surface area contributed by atoms with Gasteiger partial charge in [-0.3, -0.25) is 0 Å². The summed E-state index contributed by atoms with van der Waals surface area (Å²) in [5.41, 5.74) is 1.17. The predicted molar refractivity (Wildman–Crippen MR) is 104 cm³/mol. The van der Waals surface area contributed by atoms with Crippen LogP contribution in [0.2, 0.25) is 0 Å². The first-order valence-electron chi connectivity index (χ1n) is 9.00. The standard InChI is InChI=1S/C14H25N.3C2H6/c1-5-9-13(10-6-2)15-14(11-7-3)12-8-4;3*1-2/h5-6,9-10,14-15H,1,7-8,11-12H2,2-4H3;3*1-2H3/b10-6-,13-9+;;;. The number of rotatable bonds is 8. The van der Waals surface area contributed by atoms with Crippen molar-refractivity contribution in [2.24, 2.45) is 0 Å². The van der Waals surface area contributed by atoms with Crippen molar-refractivity contribution < 1.29 is 0 Å². The van der Waals surface area contributed by atoms with Gasteiger partial charge in [-0.25, -0.2) is 0 Å². The van der Waals surface area contributed by atoms with Crippen LogP contribution in [0, 0.1) is 0 Å². The number of nitrogens with one attached hydrogen (secondary N) is 1. The molecule has 0 aromatic rings. The van der Waals surface area contributed by atoms with Crippen LogP contribution in [0.4, 0.5) is 0 Å². The third-order valence-corrected chi connectivity index (χ3v) is 2.29. The third-order valence-electron chi connectivity index (χ3n) is 2.29. The highest BCUT2D eigenvalue weighted by Crippen LogP contribution is 2.07. The first kappa shape index (κ1) is 28.2. The van der Waals surface area contributed by atoms with Crippen molar-refractivity contribution in [3.05, 3.63) is 36.6 Å². The molecule has 0 aliphatic heterocycles. The summed E-state index contributed by atoms with van der Waals surface area (Å²) in [5.74, 6) is 0. The molecular formula is C20H43N. The topological polar surface area (TPSA) is 12.0 Å². The van der Waals surface area contributed by atoms with Crippen LogP contribution in [-0.2, 0) is 0 Å². The van der Waals surface area contributed by atoms with Crippen molar-refractivity contribution >= 4 is 0 Å². The van der Waals surface area contributed by atoms with E-state index in [2.05, 4.69) is 37.9 Å². The van der Waals surface area contributed by atoms with Gasteiger partial charge in [0.1, 0.15) is 0 Å². The van der Waals surface area contributed by atoms with E-state index in [1.54, 1.807) is 0 Å². The maximum atomic E-state index is 3.73. The van der Waals surface area contributed by atoms with Crippen molar-refractivity contribution in [1.29, 1.82) is 0 Å². The first-order valence-corrected chi connectivity index (χ1v) is 9.00. The lowest BCUT2D eigenvalue weighted by molar-refractivity contribution is 0.486. The van der Waals surface area contributed by atoms with E-state index in [-0.39, 0.29) is 0 Å². The number of hydrogen-bond donors (Lipinski definition) is 1. The molecule has 0 saturated carbocycles. The van der Waals surface area contributed by atoms with E-state index in [0.717, 1.165) is 0 Å². The quantitative estimate of drug-likeness (QED) is 0.464. The molecule has 1 N–H and O–H groups in total. The Labute approximate surface area is 136 Å². The Bertz CT molecular complexity index is 208. The minimum absolute atomic E-state index is 0.599. The zero-order valence-electron chi connectivity index (χ0n) is 16.4. The molecule has 0 aliphatic carbocycles. The summed E-state index contributed by atoms with van der Waals surface area (Å²) in [6.07, 6.45) is 12.9. The number of allylic oxidation sites excluding steroid dienone is 4. The Morgan fingerprint density at radius 3 is 1.67 bits per heavy atom. The molecule has 128 valence electrons. The molecule has 0 unspecified atom stereocenters. The van der Waals surface area contributed by atoms with Gasteiger partial charge in [0.25, 0.3) is 0 Å². The van der Waals surface area contributed by atoms with Gasteiger partial charge in [0.15, 0.2) is 0 Å². The molecular weight excluding hydrogens is 254 g/mol. The van der Waals surface area contributed by atoms with Crippen molar-refractivity contribution in [1.82, 2.24) is 5.32 Å². The molecule has 0 aliphatic rings. The fourth-order valence-electron chi connectivity index (χ4n) is 1.68. The van der Waals surface area contributed by atoms with E-state index in [1.807, 2.05) is 60.6 Å². The van der Waals surface area contributed by atoms with E-state index < -0.39 is 0 Å². The smallest absolute Gasteiger partial charge is 0.0338 e.